The molecular weight excluding hydrogens is 218 g/mol. The van der Waals surface area contributed by atoms with Crippen LogP contribution in [-0.4, -0.2) is 22.7 Å². The molecule has 0 amide bonds. The van der Waals surface area contributed by atoms with Crippen LogP contribution in [0.1, 0.15) is 37.5 Å². The van der Waals surface area contributed by atoms with E-state index >= 15 is 0 Å². The van der Waals surface area contributed by atoms with Gasteiger partial charge in [0, 0.05) is 13.0 Å². The number of hydroxylamine groups is 2. The SMILES string of the molecule is O=C(O)CCCCCN1OC1c1ccccc1. The molecule has 1 N–H and O–H groups in total. The maximum atomic E-state index is 10.3. The summed E-state index contributed by atoms with van der Waals surface area (Å²) >= 11 is 0. The lowest BCUT2D eigenvalue weighted by molar-refractivity contribution is -0.137. The molecule has 2 atom stereocenters. The molecule has 4 nitrogen and oxygen atoms in total. The third kappa shape index (κ3) is 3.84. The van der Waals surface area contributed by atoms with Gasteiger partial charge in [0.1, 0.15) is 0 Å². The van der Waals surface area contributed by atoms with Crippen molar-refractivity contribution in [2.24, 2.45) is 0 Å². The van der Waals surface area contributed by atoms with Gasteiger partial charge in [0.25, 0.3) is 0 Å². The highest BCUT2D eigenvalue weighted by molar-refractivity contribution is 5.66. The summed E-state index contributed by atoms with van der Waals surface area (Å²) in [6.07, 6.45) is 3.04. The van der Waals surface area contributed by atoms with Gasteiger partial charge >= 0.3 is 5.97 Å². The summed E-state index contributed by atoms with van der Waals surface area (Å²) in [5, 5.41) is 10.4. The zero-order valence-corrected chi connectivity index (χ0v) is 9.71. The molecule has 1 heterocycles. The lowest BCUT2D eigenvalue weighted by atomic mass is 10.2. The van der Waals surface area contributed by atoms with Crippen LogP contribution in [0.2, 0.25) is 0 Å². The van der Waals surface area contributed by atoms with E-state index in [1.165, 1.54) is 5.56 Å². The Morgan fingerprint density at radius 3 is 2.71 bits per heavy atom. The van der Waals surface area contributed by atoms with Crippen LogP contribution in [0.5, 0.6) is 0 Å². The largest absolute Gasteiger partial charge is 0.481 e. The molecule has 0 radical (unpaired) electrons. The monoisotopic (exact) mass is 235 g/mol. The van der Waals surface area contributed by atoms with Crippen LogP contribution in [-0.2, 0) is 9.63 Å². The summed E-state index contributed by atoms with van der Waals surface area (Å²) < 4.78 is 0. The Kier molecular flexibility index (Phi) is 4.12. The highest BCUT2D eigenvalue weighted by Gasteiger charge is 2.36. The van der Waals surface area contributed by atoms with Crippen molar-refractivity contribution in [3.05, 3.63) is 35.9 Å². The Balaban J connectivity index is 1.59. The van der Waals surface area contributed by atoms with Crippen molar-refractivity contribution in [3.8, 4) is 0 Å². The smallest absolute Gasteiger partial charge is 0.303 e. The van der Waals surface area contributed by atoms with Crippen molar-refractivity contribution in [3.63, 3.8) is 0 Å². The van der Waals surface area contributed by atoms with Crippen molar-refractivity contribution in [2.45, 2.75) is 31.9 Å². The van der Waals surface area contributed by atoms with Crippen molar-refractivity contribution >= 4 is 5.97 Å². The number of carbonyl (C=O) groups is 1. The van der Waals surface area contributed by atoms with Crippen molar-refractivity contribution in [1.29, 1.82) is 0 Å². The standard InChI is InChI=1S/C13H17NO3/c15-12(16)9-5-2-6-10-14-13(17-14)11-7-3-1-4-8-11/h1,3-4,7-8,13H,2,5-6,9-10H2,(H,15,16). The van der Waals surface area contributed by atoms with Crippen LogP contribution >= 0.6 is 0 Å². The number of unbranched alkanes of at least 4 members (excludes halogenated alkanes) is 2. The average Bonchev–Trinajstić information content (AvgIpc) is 3.09. The average molecular weight is 235 g/mol. The fourth-order valence-electron chi connectivity index (χ4n) is 1.84. The van der Waals surface area contributed by atoms with Gasteiger partial charge in [-0.1, -0.05) is 36.8 Å². The number of hydrogen-bond donors (Lipinski definition) is 1. The van der Waals surface area contributed by atoms with Gasteiger partial charge in [-0.2, -0.15) is 5.06 Å². The molecular formula is C13H17NO3. The normalized spacial score (nSPS) is 22.4. The first-order valence-corrected chi connectivity index (χ1v) is 5.97. The maximum absolute atomic E-state index is 10.3. The van der Waals surface area contributed by atoms with Gasteiger partial charge in [-0.15, -0.1) is 0 Å². The second-order valence-electron chi connectivity index (χ2n) is 4.21. The van der Waals surface area contributed by atoms with Crippen molar-refractivity contribution in [1.82, 2.24) is 5.06 Å². The van der Waals surface area contributed by atoms with Crippen LogP contribution in [0, 0.1) is 0 Å². The van der Waals surface area contributed by atoms with E-state index in [1.54, 1.807) is 0 Å². The van der Waals surface area contributed by atoms with Crippen LogP contribution in [0.15, 0.2) is 30.3 Å². The molecule has 1 aliphatic rings. The van der Waals surface area contributed by atoms with Crippen LogP contribution in [0.25, 0.3) is 0 Å². The van der Waals surface area contributed by atoms with Crippen LogP contribution < -0.4 is 0 Å². The van der Waals surface area contributed by atoms with E-state index in [-0.39, 0.29) is 12.6 Å². The molecule has 0 saturated carbocycles. The highest BCUT2D eigenvalue weighted by atomic mass is 16.8. The number of benzene rings is 1. The maximum Gasteiger partial charge on any atom is 0.303 e. The predicted octanol–water partition coefficient (Wildman–Crippen LogP) is 2.58. The van der Waals surface area contributed by atoms with E-state index in [2.05, 4.69) is 12.1 Å². The Labute approximate surface area is 101 Å². The third-order valence-electron chi connectivity index (χ3n) is 2.81. The number of hydrogen-bond acceptors (Lipinski definition) is 3. The fourth-order valence-corrected chi connectivity index (χ4v) is 1.84. The predicted molar refractivity (Wildman–Crippen MR) is 63.1 cm³/mol. The molecule has 1 fully saturated rings. The molecule has 0 spiro atoms. The topological polar surface area (TPSA) is 52.8 Å². The van der Waals surface area contributed by atoms with Gasteiger partial charge in [-0.25, -0.2) is 0 Å². The van der Waals surface area contributed by atoms with E-state index in [4.69, 9.17) is 9.94 Å². The Morgan fingerprint density at radius 2 is 2.00 bits per heavy atom. The minimum Gasteiger partial charge on any atom is -0.481 e. The molecule has 1 saturated heterocycles. The molecule has 92 valence electrons. The summed E-state index contributed by atoms with van der Waals surface area (Å²) in [7, 11) is 0. The van der Waals surface area contributed by atoms with Gasteiger partial charge in [0.15, 0.2) is 6.23 Å². The van der Waals surface area contributed by atoms with Gasteiger partial charge in [0.05, 0.1) is 0 Å². The lowest BCUT2D eigenvalue weighted by Gasteiger charge is -1.99. The van der Waals surface area contributed by atoms with Gasteiger partial charge in [-0.05, 0) is 18.4 Å². The number of carboxylic acid groups (broad SMARTS) is 1. The van der Waals surface area contributed by atoms with Gasteiger partial charge < -0.3 is 5.11 Å². The second-order valence-corrected chi connectivity index (χ2v) is 4.21. The van der Waals surface area contributed by atoms with Crippen LogP contribution in [0.4, 0.5) is 0 Å². The van der Waals surface area contributed by atoms with E-state index in [9.17, 15) is 4.79 Å². The summed E-state index contributed by atoms with van der Waals surface area (Å²) in [6.45, 7) is 0.874. The van der Waals surface area contributed by atoms with Crippen molar-refractivity contribution in [2.75, 3.05) is 6.54 Å². The molecule has 2 unspecified atom stereocenters. The molecule has 0 aromatic heterocycles. The lowest BCUT2D eigenvalue weighted by Crippen LogP contribution is -2.01. The van der Waals surface area contributed by atoms with E-state index < -0.39 is 5.97 Å². The first-order valence-electron chi connectivity index (χ1n) is 5.97. The number of rotatable bonds is 7. The highest BCUT2D eigenvalue weighted by Crippen LogP contribution is 2.36. The summed E-state index contributed by atoms with van der Waals surface area (Å²) in [5.74, 6) is -0.713. The molecule has 0 bridgehead atoms. The molecule has 1 aromatic rings. The minimum absolute atomic E-state index is 0.107. The Hall–Kier alpha value is -1.39. The van der Waals surface area contributed by atoms with Crippen molar-refractivity contribution < 1.29 is 14.7 Å². The first-order chi connectivity index (χ1) is 8.27. The second kappa shape index (κ2) is 5.80. The fraction of sp³-hybridized carbons (Fsp3) is 0.462. The molecule has 4 heteroatoms. The molecule has 1 aromatic carbocycles. The van der Waals surface area contributed by atoms with Crippen LogP contribution in [0.3, 0.4) is 0 Å². The third-order valence-corrected chi connectivity index (χ3v) is 2.81. The van der Waals surface area contributed by atoms with E-state index in [0.717, 1.165) is 25.8 Å². The van der Waals surface area contributed by atoms with E-state index in [1.807, 2.05) is 23.3 Å². The van der Waals surface area contributed by atoms with Gasteiger partial charge in [-0.3, -0.25) is 9.63 Å². The molecule has 2 rings (SSSR count). The quantitative estimate of drug-likeness (QED) is 0.583. The zero-order chi connectivity index (χ0) is 12.1. The number of aliphatic carboxylic acids is 1. The Morgan fingerprint density at radius 1 is 1.24 bits per heavy atom. The molecule has 1 aliphatic heterocycles. The number of carboxylic acids is 1. The Bertz CT molecular complexity index is 366. The zero-order valence-electron chi connectivity index (χ0n) is 9.71. The minimum atomic E-state index is -0.713. The molecule has 0 aliphatic carbocycles. The molecule has 17 heavy (non-hydrogen) atoms. The van der Waals surface area contributed by atoms with E-state index in [0.29, 0.717) is 0 Å². The first kappa shape index (κ1) is 12.1. The number of nitrogens with zero attached hydrogens (tertiary/aromatic N) is 1. The van der Waals surface area contributed by atoms with Gasteiger partial charge in [0.2, 0.25) is 0 Å². The summed E-state index contributed by atoms with van der Waals surface area (Å²) in [5.41, 5.74) is 1.18. The summed E-state index contributed by atoms with van der Waals surface area (Å²) in [4.78, 5) is 15.8. The summed E-state index contributed by atoms with van der Waals surface area (Å²) in [6, 6.07) is 10.1.